The van der Waals surface area contributed by atoms with Crippen LogP contribution in [0.15, 0.2) is 22.7 Å². The van der Waals surface area contributed by atoms with Crippen LogP contribution in [0.4, 0.5) is 11.5 Å². The Morgan fingerprint density at radius 2 is 2.22 bits per heavy atom. The lowest BCUT2D eigenvalue weighted by Gasteiger charge is -2.29. The van der Waals surface area contributed by atoms with Gasteiger partial charge in [0.1, 0.15) is 0 Å². The Balaban J connectivity index is 1.84. The van der Waals surface area contributed by atoms with Gasteiger partial charge in [-0.2, -0.15) is 0 Å². The molecule has 1 saturated heterocycles. The first-order valence-corrected chi connectivity index (χ1v) is 6.42. The van der Waals surface area contributed by atoms with Crippen molar-refractivity contribution in [2.24, 2.45) is 11.7 Å². The highest BCUT2D eigenvalue weighted by Crippen LogP contribution is 2.42. The van der Waals surface area contributed by atoms with Gasteiger partial charge >= 0.3 is 0 Å². The summed E-state index contributed by atoms with van der Waals surface area (Å²) in [6.07, 6.45) is 2.42. The van der Waals surface area contributed by atoms with Gasteiger partial charge in [0.05, 0.1) is 11.1 Å². The van der Waals surface area contributed by atoms with Crippen LogP contribution in [0.3, 0.4) is 0 Å². The number of nitrogens with zero attached hydrogens (tertiary/aromatic N) is 2. The van der Waals surface area contributed by atoms with Crippen LogP contribution >= 0.6 is 0 Å². The predicted octanol–water partition coefficient (Wildman–Crippen LogP) is 1.34. The zero-order chi connectivity index (χ0) is 12.3. The fraction of sp³-hybridized carbons (Fsp3) is 0.462. The highest BCUT2D eigenvalue weighted by atomic mass is 16.5. The first kappa shape index (κ1) is 10.2. The van der Waals surface area contributed by atoms with E-state index in [0.717, 1.165) is 23.2 Å². The maximum absolute atomic E-state index is 6.25. The summed E-state index contributed by atoms with van der Waals surface area (Å²) in [6.45, 7) is 1.02. The number of benzene rings is 1. The van der Waals surface area contributed by atoms with Crippen LogP contribution in [0.1, 0.15) is 12.8 Å². The predicted molar refractivity (Wildman–Crippen MR) is 70.3 cm³/mol. The number of piperidine rings is 1. The van der Waals surface area contributed by atoms with Crippen LogP contribution in [0.25, 0.3) is 11.0 Å². The molecule has 5 nitrogen and oxygen atoms in total. The number of rotatable bonds is 1. The molecule has 94 valence electrons. The van der Waals surface area contributed by atoms with Crippen molar-refractivity contribution in [1.29, 1.82) is 0 Å². The summed E-state index contributed by atoms with van der Waals surface area (Å²) in [4.78, 5) is 2.37. The molecule has 2 aliphatic rings. The van der Waals surface area contributed by atoms with Gasteiger partial charge in [0.2, 0.25) is 0 Å². The zero-order valence-electron chi connectivity index (χ0n) is 10.0. The number of para-hydroxylation sites is 1. The maximum Gasteiger partial charge on any atom is 0.192 e. The molecule has 0 unspecified atom stereocenters. The lowest BCUT2D eigenvalue weighted by molar-refractivity contribution is 0.458. The van der Waals surface area contributed by atoms with Gasteiger partial charge in [0.15, 0.2) is 11.4 Å². The number of anilines is 2. The van der Waals surface area contributed by atoms with E-state index >= 15 is 0 Å². The molecule has 0 amide bonds. The van der Waals surface area contributed by atoms with Crippen molar-refractivity contribution in [3.05, 3.63) is 18.2 Å². The lowest BCUT2D eigenvalue weighted by Crippen LogP contribution is -2.37. The molecule has 4 N–H and O–H groups in total. The van der Waals surface area contributed by atoms with E-state index in [1.54, 1.807) is 0 Å². The second-order valence-electron chi connectivity index (χ2n) is 5.36. The third-order valence-corrected chi connectivity index (χ3v) is 4.47. The molecule has 5 heteroatoms. The molecule has 1 aromatic heterocycles. The Hall–Kier alpha value is -1.75. The van der Waals surface area contributed by atoms with Gasteiger partial charge in [-0.1, -0.05) is 11.2 Å². The normalized spacial score (nSPS) is 30.5. The maximum atomic E-state index is 6.25. The molecule has 4 rings (SSSR count). The van der Waals surface area contributed by atoms with Crippen molar-refractivity contribution < 1.29 is 4.52 Å². The van der Waals surface area contributed by atoms with Gasteiger partial charge in [0.25, 0.3) is 0 Å². The van der Waals surface area contributed by atoms with Crippen LogP contribution in [0, 0.1) is 5.92 Å². The average Bonchev–Trinajstić information content (AvgIpc) is 3.04. The molecule has 0 spiro atoms. The van der Waals surface area contributed by atoms with E-state index in [1.807, 2.05) is 12.1 Å². The summed E-state index contributed by atoms with van der Waals surface area (Å²) in [5.41, 5.74) is 13.9. The van der Waals surface area contributed by atoms with E-state index in [2.05, 4.69) is 16.1 Å². The van der Waals surface area contributed by atoms with E-state index in [4.69, 9.17) is 16.0 Å². The molecular formula is C13H16N4O. The molecule has 1 aliphatic carbocycles. The quantitative estimate of drug-likeness (QED) is 0.791. The van der Waals surface area contributed by atoms with Gasteiger partial charge in [-0.3, -0.25) is 0 Å². The standard InChI is InChI=1S/C13H16N4O/c14-11-7-4-5-9(11)17(6-7)10-3-1-2-8-12(10)18-16-13(8)15/h1-3,7,9,11H,4-6,14H2,(H2,15,16)/t7-,9-,11+/m0/s1. The van der Waals surface area contributed by atoms with Gasteiger partial charge in [-0.05, 0) is 30.9 Å². The number of hydrogen-bond donors (Lipinski definition) is 2. The molecule has 0 radical (unpaired) electrons. The van der Waals surface area contributed by atoms with Crippen molar-refractivity contribution in [2.45, 2.75) is 24.9 Å². The highest BCUT2D eigenvalue weighted by Gasteiger charge is 2.45. The fourth-order valence-electron chi connectivity index (χ4n) is 3.52. The summed E-state index contributed by atoms with van der Waals surface area (Å²) in [5, 5.41) is 4.75. The first-order chi connectivity index (χ1) is 8.75. The molecule has 1 aliphatic heterocycles. The summed E-state index contributed by atoms with van der Waals surface area (Å²) < 4.78 is 5.38. The number of aromatic nitrogens is 1. The average molecular weight is 244 g/mol. The Kier molecular flexibility index (Phi) is 1.92. The molecule has 1 saturated carbocycles. The number of nitrogens with two attached hydrogens (primary N) is 2. The molecule has 2 heterocycles. The third-order valence-electron chi connectivity index (χ3n) is 4.47. The zero-order valence-corrected chi connectivity index (χ0v) is 10.0. The summed E-state index contributed by atoms with van der Waals surface area (Å²) >= 11 is 0. The summed E-state index contributed by atoms with van der Waals surface area (Å²) in [7, 11) is 0. The third kappa shape index (κ3) is 1.17. The van der Waals surface area contributed by atoms with Gasteiger partial charge in [0, 0.05) is 18.6 Å². The van der Waals surface area contributed by atoms with E-state index in [1.165, 1.54) is 12.8 Å². The second-order valence-corrected chi connectivity index (χ2v) is 5.36. The van der Waals surface area contributed by atoms with Crippen molar-refractivity contribution in [1.82, 2.24) is 5.16 Å². The Morgan fingerprint density at radius 1 is 1.33 bits per heavy atom. The van der Waals surface area contributed by atoms with Crippen molar-refractivity contribution >= 4 is 22.5 Å². The minimum absolute atomic E-state index is 0.292. The van der Waals surface area contributed by atoms with E-state index in [0.29, 0.717) is 23.8 Å². The molecular weight excluding hydrogens is 228 g/mol. The van der Waals surface area contributed by atoms with Crippen LogP contribution in [-0.2, 0) is 0 Å². The minimum atomic E-state index is 0.292. The van der Waals surface area contributed by atoms with Gasteiger partial charge < -0.3 is 20.9 Å². The van der Waals surface area contributed by atoms with Crippen LogP contribution in [0.2, 0.25) is 0 Å². The largest absolute Gasteiger partial charge is 0.380 e. The highest BCUT2D eigenvalue weighted by molar-refractivity contribution is 5.95. The molecule has 2 bridgehead atoms. The number of fused-ring (bicyclic) bond motifs is 3. The van der Waals surface area contributed by atoms with Crippen LogP contribution in [0.5, 0.6) is 0 Å². The number of hydrogen-bond acceptors (Lipinski definition) is 5. The number of nitrogen functional groups attached to an aromatic ring is 1. The SMILES string of the molecule is Nc1noc2c(N3C[C@@H]4CC[C@H]3[C@@H]4N)cccc12. The van der Waals surface area contributed by atoms with Gasteiger partial charge in [-0.25, -0.2) is 0 Å². The molecule has 1 aromatic carbocycles. The molecule has 3 atom stereocenters. The lowest BCUT2D eigenvalue weighted by atomic mass is 10.1. The van der Waals surface area contributed by atoms with Crippen molar-refractivity contribution in [3.8, 4) is 0 Å². The smallest absolute Gasteiger partial charge is 0.192 e. The second kappa shape index (κ2) is 3.38. The molecule has 2 fully saturated rings. The van der Waals surface area contributed by atoms with Crippen molar-refractivity contribution in [2.75, 3.05) is 17.2 Å². The van der Waals surface area contributed by atoms with Crippen LogP contribution < -0.4 is 16.4 Å². The monoisotopic (exact) mass is 244 g/mol. The fourth-order valence-corrected chi connectivity index (χ4v) is 3.52. The molecule has 18 heavy (non-hydrogen) atoms. The van der Waals surface area contributed by atoms with Gasteiger partial charge in [-0.15, -0.1) is 0 Å². The Bertz CT molecular complexity index is 608. The van der Waals surface area contributed by atoms with E-state index in [-0.39, 0.29) is 0 Å². The van der Waals surface area contributed by atoms with E-state index < -0.39 is 0 Å². The minimum Gasteiger partial charge on any atom is -0.380 e. The Labute approximate surface area is 105 Å². The molecule has 2 aromatic rings. The topological polar surface area (TPSA) is 81.3 Å². The first-order valence-electron chi connectivity index (χ1n) is 6.42. The van der Waals surface area contributed by atoms with Crippen molar-refractivity contribution in [3.63, 3.8) is 0 Å². The van der Waals surface area contributed by atoms with E-state index in [9.17, 15) is 0 Å². The summed E-state index contributed by atoms with van der Waals surface area (Å²) in [6, 6.07) is 6.75. The Morgan fingerprint density at radius 3 is 2.94 bits per heavy atom. The summed E-state index contributed by atoms with van der Waals surface area (Å²) in [5.74, 6) is 1.08. The van der Waals surface area contributed by atoms with Crippen LogP contribution in [-0.4, -0.2) is 23.8 Å².